The van der Waals surface area contributed by atoms with Gasteiger partial charge in [-0.05, 0) is 38.5 Å². The molecule has 0 heterocycles. The van der Waals surface area contributed by atoms with Crippen molar-refractivity contribution in [3.63, 3.8) is 0 Å². The standard InChI is InChI=1S/C14H24N2O3/c1-14(13(18)19)7-3-2-4-11(14)16-12(17)8-10(15)9-5-6-9/h9-11H,2-8,15H2,1H3,(H,16,17)(H,18,19). The molecule has 0 aromatic heterocycles. The van der Waals surface area contributed by atoms with E-state index in [-0.39, 0.29) is 18.0 Å². The molecule has 5 heteroatoms. The number of carboxylic acids is 1. The maximum atomic E-state index is 12.0. The van der Waals surface area contributed by atoms with E-state index in [0.29, 0.717) is 18.8 Å². The van der Waals surface area contributed by atoms with E-state index in [0.717, 1.165) is 32.1 Å². The Morgan fingerprint density at radius 3 is 2.63 bits per heavy atom. The fourth-order valence-electron chi connectivity index (χ4n) is 2.98. The number of rotatable bonds is 5. The van der Waals surface area contributed by atoms with Crippen LogP contribution in [0.5, 0.6) is 0 Å². The van der Waals surface area contributed by atoms with Crippen LogP contribution in [0.25, 0.3) is 0 Å². The molecule has 3 unspecified atom stereocenters. The van der Waals surface area contributed by atoms with Gasteiger partial charge in [0.05, 0.1) is 5.41 Å². The van der Waals surface area contributed by atoms with E-state index < -0.39 is 11.4 Å². The first-order valence-corrected chi connectivity index (χ1v) is 7.22. The average Bonchev–Trinajstić information content (AvgIpc) is 3.15. The fourth-order valence-corrected chi connectivity index (χ4v) is 2.98. The quantitative estimate of drug-likeness (QED) is 0.700. The van der Waals surface area contributed by atoms with Crippen molar-refractivity contribution in [1.29, 1.82) is 0 Å². The molecule has 2 aliphatic rings. The van der Waals surface area contributed by atoms with Crippen LogP contribution < -0.4 is 11.1 Å². The van der Waals surface area contributed by atoms with Gasteiger partial charge in [-0.3, -0.25) is 9.59 Å². The normalized spacial score (nSPS) is 32.6. The molecule has 0 bridgehead atoms. The molecule has 2 fully saturated rings. The van der Waals surface area contributed by atoms with Crippen LogP contribution in [-0.4, -0.2) is 29.1 Å². The number of carbonyl (C=O) groups excluding carboxylic acids is 1. The molecular weight excluding hydrogens is 244 g/mol. The van der Waals surface area contributed by atoms with Gasteiger partial charge in [-0.1, -0.05) is 12.8 Å². The number of hydrogen-bond donors (Lipinski definition) is 3. The van der Waals surface area contributed by atoms with E-state index in [9.17, 15) is 14.7 Å². The van der Waals surface area contributed by atoms with Crippen molar-refractivity contribution in [1.82, 2.24) is 5.32 Å². The van der Waals surface area contributed by atoms with Crippen LogP contribution >= 0.6 is 0 Å². The van der Waals surface area contributed by atoms with E-state index in [1.807, 2.05) is 0 Å². The molecule has 5 nitrogen and oxygen atoms in total. The van der Waals surface area contributed by atoms with Crippen molar-refractivity contribution in [2.24, 2.45) is 17.1 Å². The second-order valence-corrected chi connectivity index (χ2v) is 6.29. The first kappa shape index (κ1) is 14.3. The molecule has 2 aliphatic carbocycles. The van der Waals surface area contributed by atoms with E-state index in [2.05, 4.69) is 5.32 Å². The lowest BCUT2D eigenvalue weighted by Gasteiger charge is -2.38. The van der Waals surface area contributed by atoms with E-state index >= 15 is 0 Å². The summed E-state index contributed by atoms with van der Waals surface area (Å²) in [6.45, 7) is 1.74. The molecule has 4 N–H and O–H groups in total. The summed E-state index contributed by atoms with van der Waals surface area (Å²) in [5, 5.41) is 12.3. The van der Waals surface area contributed by atoms with Crippen LogP contribution in [0.3, 0.4) is 0 Å². The number of carboxylic acid groups (broad SMARTS) is 1. The highest BCUT2D eigenvalue weighted by Crippen LogP contribution is 2.37. The number of aliphatic carboxylic acids is 1. The highest BCUT2D eigenvalue weighted by molar-refractivity contribution is 5.80. The number of nitrogens with two attached hydrogens (primary N) is 1. The van der Waals surface area contributed by atoms with Crippen molar-refractivity contribution in [3.05, 3.63) is 0 Å². The smallest absolute Gasteiger partial charge is 0.311 e. The Kier molecular flexibility index (Phi) is 4.13. The molecule has 0 aromatic carbocycles. The van der Waals surface area contributed by atoms with Crippen LogP contribution in [0.1, 0.15) is 51.9 Å². The number of carbonyl (C=O) groups is 2. The Hall–Kier alpha value is -1.10. The molecule has 3 atom stereocenters. The third-order valence-corrected chi connectivity index (χ3v) is 4.68. The Bertz CT molecular complexity index is 368. The lowest BCUT2D eigenvalue weighted by molar-refractivity contribution is -0.152. The second kappa shape index (κ2) is 5.49. The van der Waals surface area contributed by atoms with Gasteiger partial charge in [0.25, 0.3) is 0 Å². The molecule has 0 aromatic rings. The first-order valence-electron chi connectivity index (χ1n) is 7.22. The zero-order chi connectivity index (χ0) is 14.0. The summed E-state index contributed by atoms with van der Waals surface area (Å²) in [4.78, 5) is 23.4. The lowest BCUT2D eigenvalue weighted by atomic mass is 9.71. The number of hydrogen-bond acceptors (Lipinski definition) is 3. The van der Waals surface area contributed by atoms with Crippen molar-refractivity contribution in [3.8, 4) is 0 Å². The van der Waals surface area contributed by atoms with Gasteiger partial charge in [-0.2, -0.15) is 0 Å². The minimum Gasteiger partial charge on any atom is -0.481 e. The molecule has 2 saturated carbocycles. The third-order valence-electron chi connectivity index (χ3n) is 4.68. The van der Waals surface area contributed by atoms with E-state index in [1.165, 1.54) is 0 Å². The molecule has 0 spiro atoms. The van der Waals surface area contributed by atoms with Gasteiger partial charge in [0.15, 0.2) is 0 Å². The summed E-state index contributed by atoms with van der Waals surface area (Å²) in [6, 6.07) is -0.336. The predicted molar refractivity (Wildman–Crippen MR) is 71.5 cm³/mol. The monoisotopic (exact) mass is 268 g/mol. The van der Waals surface area contributed by atoms with Crippen molar-refractivity contribution in [2.75, 3.05) is 0 Å². The molecule has 108 valence electrons. The number of nitrogens with one attached hydrogen (secondary N) is 1. The summed E-state index contributed by atoms with van der Waals surface area (Å²) in [6.07, 6.45) is 5.81. The van der Waals surface area contributed by atoms with Gasteiger partial charge >= 0.3 is 5.97 Å². The number of amides is 1. The summed E-state index contributed by atoms with van der Waals surface area (Å²) in [7, 11) is 0. The molecule has 0 aliphatic heterocycles. The van der Waals surface area contributed by atoms with Gasteiger partial charge < -0.3 is 16.2 Å². The van der Waals surface area contributed by atoms with Gasteiger partial charge in [-0.15, -0.1) is 0 Å². The van der Waals surface area contributed by atoms with Crippen LogP contribution in [0.4, 0.5) is 0 Å². The van der Waals surface area contributed by atoms with Gasteiger partial charge in [0, 0.05) is 18.5 Å². The third kappa shape index (κ3) is 3.26. The second-order valence-electron chi connectivity index (χ2n) is 6.29. The molecule has 0 radical (unpaired) electrons. The Balaban J connectivity index is 1.91. The maximum Gasteiger partial charge on any atom is 0.311 e. The maximum absolute atomic E-state index is 12.0. The van der Waals surface area contributed by atoms with Crippen LogP contribution in [0.15, 0.2) is 0 Å². The zero-order valence-corrected chi connectivity index (χ0v) is 11.5. The molecule has 1 amide bonds. The molecule has 0 saturated heterocycles. The minimum atomic E-state index is -0.836. The fraction of sp³-hybridized carbons (Fsp3) is 0.857. The predicted octanol–water partition coefficient (Wildman–Crippen LogP) is 1.26. The van der Waals surface area contributed by atoms with Crippen LogP contribution in [0, 0.1) is 11.3 Å². The minimum absolute atomic E-state index is 0.0697. The summed E-state index contributed by atoms with van der Waals surface area (Å²) in [5.74, 6) is -0.425. The Morgan fingerprint density at radius 1 is 1.37 bits per heavy atom. The van der Waals surface area contributed by atoms with Gasteiger partial charge in [-0.25, -0.2) is 0 Å². The zero-order valence-electron chi connectivity index (χ0n) is 11.5. The highest BCUT2D eigenvalue weighted by Gasteiger charge is 2.44. The first-order chi connectivity index (χ1) is 8.93. The Labute approximate surface area is 113 Å². The summed E-state index contributed by atoms with van der Waals surface area (Å²) >= 11 is 0. The van der Waals surface area contributed by atoms with E-state index in [1.54, 1.807) is 6.92 Å². The average molecular weight is 268 g/mol. The van der Waals surface area contributed by atoms with Gasteiger partial charge in [0.1, 0.15) is 0 Å². The lowest BCUT2D eigenvalue weighted by Crippen LogP contribution is -2.52. The van der Waals surface area contributed by atoms with E-state index in [4.69, 9.17) is 5.73 Å². The molecule has 19 heavy (non-hydrogen) atoms. The molecular formula is C14H24N2O3. The summed E-state index contributed by atoms with van der Waals surface area (Å²) in [5.41, 5.74) is 5.10. The Morgan fingerprint density at radius 2 is 2.05 bits per heavy atom. The summed E-state index contributed by atoms with van der Waals surface area (Å²) < 4.78 is 0. The van der Waals surface area contributed by atoms with Gasteiger partial charge in [0.2, 0.25) is 5.91 Å². The van der Waals surface area contributed by atoms with Crippen molar-refractivity contribution < 1.29 is 14.7 Å². The van der Waals surface area contributed by atoms with Crippen molar-refractivity contribution in [2.45, 2.75) is 64.0 Å². The van der Waals surface area contributed by atoms with Crippen LogP contribution in [0.2, 0.25) is 0 Å². The SMILES string of the molecule is CC1(C(=O)O)CCCCC1NC(=O)CC(N)C1CC1. The van der Waals surface area contributed by atoms with Crippen molar-refractivity contribution >= 4 is 11.9 Å². The molecule has 2 rings (SSSR count). The highest BCUT2D eigenvalue weighted by atomic mass is 16.4. The topological polar surface area (TPSA) is 92.4 Å². The largest absolute Gasteiger partial charge is 0.481 e. The van der Waals surface area contributed by atoms with Crippen LogP contribution in [-0.2, 0) is 9.59 Å².